The molecule has 3 rings (SSSR count). The van der Waals surface area contributed by atoms with Crippen LogP contribution in [0.25, 0.3) is 11.2 Å². The van der Waals surface area contributed by atoms with Crippen molar-refractivity contribution in [2.75, 3.05) is 26.6 Å². The fourth-order valence-electron chi connectivity index (χ4n) is 2.57. The molecule has 0 saturated carbocycles. The summed E-state index contributed by atoms with van der Waals surface area (Å²) in [6.07, 6.45) is -3.31. The number of H-pyrrole nitrogens is 1. The van der Waals surface area contributed by atoms with E-state index in [2.05, 4.69) is 15.0 Å². The molecule has 4 atom stereocenters. The van der Waals surface area contributed by atoms with E-state index >= 15 is 0 Å². The summed E-state index contributed by atoms with van der Waals surface area (Å²) >= 11 is 5.08. The molecule has 0 aromatic carbocycles. The minimum atomic E-state index is -2.94. The lowest BCUT2D eigenvalue weighted by molar-refractivity contribution is -0.0493. The van der Waals surface area contributed by atoms with Crippen molar-refractivity contribution in [3.8, 4) is 0 Å². The van der Waals surface area contributed by atoms with E-state index in [1.54, 1.807) is 0 Å². The minimum absolute atomic E-state index is 0.0263. The van der Waals surface area contributed by atoms with Crippen molar-refractivity contribution in [2.45, 2.75) is 24.5 Å². The number of aliphatic hydroxyl groups is 2. The van der Waals surface area contributed by atoms with Crippen LogP contribution in [0.4, 0.5) is 5.95 Å². The summed E-state index contributed by atoms with van der Waals surface area (Å²) in [5.74, 6) is -0.113. The molecule has 0 radical (unpaired) electrons. The van der Waals surface area contributed by atoms with E-state index in [-0.39, 0.29) is 23.7 Å². The van der Waals surface area contributed by atoms with Crippen LogP contribution in [0.5, 0.6) is 0 Å². The van der Waals surface area contributed by atoms with Crippen LogP contribution in [0.1, 0.15) is 6.23 Å². The van der Waals surface area contributed by atoms with Gasteiger partial charge in [0.1, 0.15) is 18.3 Å². The maximum atomic E-state index is 11.9. The summed E-state index contributed by atoms with van der Waals surface area (Å²) in [5, 5.41) is 20.6. The number of nitrogens with one attached hydrogen (secondary N) is 1. The minimum Gasteiger partial charge on any atom is -0.387 e. The smallest absolute Gasteiger partial charge is 0.326 e. The number of nitrogens with zero attached hydrogens (tertiary/aromatic N) is 3. The summed E-state index contributed by atoms with van der Waals surface area (Å²) in [7, 11) is 2.69. The highest BCUT2D eigenvalue weighted by atomic mass is 32.5. The number of nitrogens with two attached hydrogens (primary N) is 1. The van der Waals surface area contributed by atoms with Gasteiger partial charge >= 0.3 is 6.72 Å². The molecule has 0 bridgehead atoms. The Morgan fingerprint density at radius 2 is 2.12 bits per heavy atom. The lowest BCUT2D eigenvalue weighted by Crippen LogP contribution is -2.33. The van der Waals surface area contributed by atoms with Gasteiger partial charge in [0.2, 0.25) is 5.95 Å². The molecule has 5 N–H and O–H groups in total. The number of anilines is 1. The first-order valence-electron chi connectivity index (χ1n) is 7.39. The van der Waals surface area contributed by atoms with Gasteiger partial charge in [-0.3, -0.25) is 14.3 Å². The fourth-order valence-corrected chi connectivity index (χ4v) is 3.44. The first-order valence-corrected chi connectivity index (χ1v) is 9.95. The number of hydrogen-bond acceptors (Lipinski definition) is 11. The van der Waals surface area contributed by atoms with Gasteiger partial charge in [0, 0.05) is 14.2 Å². The van der Waals surface area contributed by atoms with Crippen LogP contribution in [-0.4, -0.2) is 68.9 Å². The molecule has 1 saturated heterocycles. The second kappa shape index (κ2) is 7.29. The molecule has 26 heavy (non-hydrogen) atoms. The number of aromatic amines is 1. The van der Waals surface area contributed by atoms with Crippen molar-refractivity contribution < 1.29 is 28.5 Å². The van der Waals surface area contributed by atoms with Crippen LogP contribution in [0.2, 0.25) is 0 Å². The van der Waals surface area contributed by atoms with E-state index in [9.17, 15) is 15.0 Å². The van der Waals surface area contributed by atoms with E-state index < -0.39 is 36.8 Å². The fraction of sp³-hybridized carbons (Fsp3) is 0.583. The average molecular weight is 407 g/mol. The van der Waals surface area contributed by atoms with E-state index in [1.165, 1.54) is 25.1 Å². The molecule has 3 heterocycles. The summed E-state index contributed by atoms with van der Waals surface area (Å²) < 4.78 is 22.4. The Kier molecular flexibility index (Phi) is 5.42. The molecule has 14 heteroatoms. The van der Waals surface area contributed by atoms with Crippen LogP contribution in [0.3, 0.4) is 0 Å². The third kappa shape index (κ3) is 3.40. The molecule has 1 fully saturated rings. The monoisotopic (exact) mass is 407 g/mol. The van der Waals surface area contributed by atoms with E-state index in [0.717, 1.165) is 0 Å². The topological polar surface area (TPSA) is 167 Å². The van der Waals surface area contributed by atoms with Gasteiger partial charge in [0.05, 0.1) is 12.9 Å². The summed E-state index contributed by atoms with van der Waals surface area (Å²) in [5.41, 5.74) is 5.16. The average Bonchev–Trinajstić information content (AvgIpc) is 3.15. The zero-order chi connectivity index (χ0) is 19.1. The predicted octanol–water partition coefficient (Wildman–Crippen LogP) is -1.15. The highest BCUT2D eigenvalue weighted by Crippen LogP contribution is 2.48. The number of imidazole rings is 1. The van der Waals surface area contributed by atoms with E-state index in [1.807, 2.05) is 0 Å². The molecule has 4 unspecified atom stereocenters. The Balaban J connectivity index is 1.84. The van der Waals surface area contributed by atoms with Crippen molar-refractivity contribution in [2.24, 2.45) is 0 Å². The van der Waals surface area contributed by atoms with Gasteiger partial charge in [-0.05, 0) is 11.8 Å². The zero-order valence-electron chi connectivity index (χ0n) is 13.8. The Morgan fingerprint density at radius 1 is 1.42 bits per heavy atom. The van der Waals surface area contributed by atoms with Gasteiger partial charge in [-0.15, -0.1) is 0 Å². The van der Waals surface area contributed by atoms with E-state index in [4.69, 9.17) is 35.8 Å². The molecule has 144 valence electrons. The first-order chi connectivity index (χ1) is 12.3. The highest BCUT2D eigenvalue weighted by Gasteiger charge is 2.45. The Morgan fingerprint density at radius 3 is 2.77 bits per heavy atom. The third-order valence-electron chi connectivity index (χ3n) is 3.91. The summed E-state index contributed by atoms with van der Waals surface area (Å²) in [6, 6.07) is 0. The van der Waals surface area contributed by atoms with Crippen LogP contribution in [-0.2, 0) is 30.1 Å². The van der Waals surface area contributed by atoms with Crippen molar-refractivity contribution in [3.05, 3.63) is 16.7 Å². The van der Waals surface area contributed by atoms with Crippen LogP contribution in [0, 0.1) is 0 Å². The quantitative estimate of drug-likeness (QED) is 0.427. The van der Waals surface area contributed by atoms with Gasteiger partial charge in [-0.1, -0.05) is 0 Å². The number of aliphatic hydroxyl groups excluding tert-OH is 2. The standard InChI is InChI=1S/C12H18N5O7PS/c1-21-25(26,22-2)23-3-5-7(18)8(19)11(24-5)17-4-14-6-9(17)15-12(13)16-10(6)20/h4-5,7-8,11,18-19H,3H2,1-2H3,(H3,13,15,16,20). The molecule has 1 aliphatic heterocycles. The first kappa shape index (κ1) is 19.3. The zero-order valence-corrected chi connectivity index (χ0v) is 15.5. The summed E-state index contributed by atoms with van der Waals surface area (Å²) in [4.78, 5) is 22.1. The van der Waals surface area contributed by atoms with Gasteiger partial charge in [-0.2, -0.15) is 4.98 Å². The molecule has 2 aromatic heterocycles. The molecule has 2 aromatic rings. The van der Waals surface area contributed by atoms with Crippen molar-refractivity contribution in [1.82, 2.24) is 19.5 Å². The second-order valence-corrected chi connectivity index (χ2v) is 8.65. The third-order valence-corrected chi connectivity index (χ3v) is 6.48. The van der Waals surface area contributed by atoms with Crippen molar-refractivity contribution >= 4 is 35.6 Å². The molecular formula is C12H18N5O7PS. The number of hydrogen-bond donors (Lipinski definition) is 4. The lowest BCUT2D eigenvalue weighted by atomic mass is 10.1. The Hall–Kier alpha value is -1.44. The maximum absolute atomic E-state index is 11.9. The van der Waals surface area contributed by atoms with Crippen molar-refractivity contribution in [3.63, 3.8) is 0 Å². The van der Waals surface area contributed by atoms with Gasteiger partial charge < -0.3 is 34.3 Å². The van der Waals surface area contributed by atoms with Crippen molar-refractivity contribution in [1.29, 1.82) is 0 Å². The number of aromatic nitrogens is 4. The molecular weight excluding hydrogens is 389 g/mol. The van der Waals surface area contributed by atoms with Gasteiger partial charge in [-0.25, -0.2) is 4.98 Å². The van der Waals surface area contributed by atoms with Crippen LogP contribution in [0.15, 0.2) is 11.1 Å². The number of rotatable bonds is 6. The van der Waals surface area contributed by atoms with E-state index in [0.29, 0.717) is 0 Å². The SMILES string of the molecule is COP(=S)(OC)OCC1OC(n2cnc3c(=O)[nH]c(N)nc32)C(O)C1O. The highest BCUT2D eigenvalue weighted by molar-refractivity contribution is 8.07. The molecule has 1 aliphatic rings. The predicted molar refractivity (Wildman–Crippen MR) is 92.7 cm³/mol. The Bertz CT molecular complexity index is 896. The molecule has 12 nitrogen and oxygen atoms in total. The largest absolute Gasteiger partial charge is 0.387 e. The second-order valence-electron chi connectivity index (χ2n) is 5.43. The number of fused-ring (bicyclic) bond motifs is 1. The van der Waals surface area contributed by atoms with Crippen LogP contribution >= 0.6 is 6.72 Å². The Labute approximate surface area is 152 Å². The van der Waals surface area contributed by atoms with Crippen LogP contribution < -0.4 is 11.3 Å². The van der Waals surface area contributed by atoms with Gasteiger partial charge in [0.15, 0.2) is 17.4 Å². The normalized spacial score (nSPS) is 26.6. The summed E-state index contributed by atoms with van der Waals surface area (Å²) in [6.45, 7) is -3.11. The number of ether oxygens (including phenoxy) is 1. The lowest BCUT2D eigenvalue weighted by Gasteiger charge is -2.21. The number of nitrogen functional groups attached to an aromatic ring is 1. The molecule has 0 aliphatic carbocycles. The van der Waals surface area contributed by atoms with Gasteiger partial charge in [0.25, 0.3) is 5.56 Å². The maximum Gasteiger partial charge on any atom is 0.326 e. The molecule has 0 amide bonds. The molecule has 0 spiro atoms.